The molecule has 2 aliphatic heterocycles. The molecule has 0 aliphatic carbocycles. The normalized spacial score (nSPS) is 16.4. The number of halogens is 3. The summed E-state index contributed by atoms with van der Waals surface area (Å²) in [7, 11) is 1.44. The van der Waals surface area contributed by atoms with Crippen molar-refractivity contribution in [3.63, 3.8) is 0 Å². The molecule has 0 spiro atoms. The van der Waals surface area contributed by atoms with Gasteiger partial charge in [-0.2, -0.15) is 13.2 Å². The van der Waals surface area contributed by atoms with Crippen LogP contribution in [0.3, 0.4) is 0 Å². The van der Waals surface area contributed by atoms with Gasteiger partial charge >= 0.3 is 18.2 Å². The molecule has 22 heteroatoms. The van der Waals surface area contributed by atoms with Gasteiger partial charge in [-0.1, -0.05) is 44.2 Å². The number of carboxylic acids is 1. The number of carbonyl (C=O) groups excluding carboxylic acids is 3. The van der Waals surface area contributed by atoms with Gasteiger partial charge < -0.3 is 35.3 Å². The third-order valence-corrected chi connectivity index (χ3v) is 11.5. The first-order chi connectivity index (χ1) is 31.9. The number of nitrogens with one attached hydrogen (secondary N) is 3. The number of amides is 4. The maximum atomic E-state index is 13.6. The summed E-state index contributed by atoms with van der Waals surface area (Å²) in [6.07, 6.45) is 5.14. The van der Waals surface area contributed by atoms with E-state index in [2.05, 4.69) is 30.2 Å². The number of aromatic amines is 2. The number of likely N-dealkylation sites (tertiary alicyclic amines) is 2. The highest BCUT2D eigenvalue weighted by Gasteiger charge is 2.40. The minimum atomic E-state index is -5.08. The highest BCUT2D eigenvalue weighted by atomic mass is 19.4. The Morgan fingerprint density at radius 3 is 2.07 bits per heavy atom. The molecule has 0 saturated carbocycles. The second-order valence-corrected chi connectivity index (χ2v) is 16.4. The number of H-pyrrole nitrogens is 2. The van der Waals surface area contributed by atoms with Crippen molar-refractivity contribution in [2.24, 2.45) is 5.92 Å². The van der Waals surface area contributed by atoms with E-state index >= 15 is 0 Å². The van der Waals surface area contributed by atoms with Crippen LogP contribution in [0.1, 0.15) is 79.4 Å². The first-order valence-electron chi connectivity index (χ1n) is 21.3. The lowest BCUT2D eigenvalue weighted by molar-refractivity contribution is -0.192. The zero-order valence-corrected chi connectivity index (χ0v) is 36.8. The quantitative estimate of drug-likeness (QED) is 0.0971. The van der Waals surface area contributed by atoms with E-state index in [-0.39, 0.29) is 42.1 Å². The Kier molecular flexibility index (Phi) is 13.9. The van der Waals surface area contributed by atoms with Crippen LogP contribution in [0.5, 0.6) is 0 Å². The average Bonchev–Trinajstić information content (AvgIpc) is 4.15. The van der Waals surface area contributed by atoms with Crippen molar-refractivity contribution in [3.05, 3.63) is 96.5 Å². The molecule has 4 aromatic heterocycles. The molecule has 0 bridgehead atoms. The van der Waals surface area contributed by atoms with Gasteiger partial charge in [0.2, 0.25) is 11.8 Å². The number of benzene rings is 2. The monoisotopic (exact) mass is 924 g/mol. The summed E-state index contributed by atoms with van der Waals surface area (Å²) >= 11 is 0. The average molecular weight is 925 g/mol. The molecule has 3 atom stereocenters. The molecule has 2 fully saturated rings. The Hall–Kier alpha value is -7.78. The fourth-order valence-electron chi connectivity index (χ4n) is 8.15. The summed E-state index contributed by atoms with van der Waals surface area (Å²) < 4.78 is 31.7. The van der Waals surface area contributed by atoms with Gasteiger partial charge in [0.1, 0.15) is 23.4 Å². The molecule has 6 aromatic rings. The second kappa shape index (κ2) is 19.8. The predicted molar refractivity (Wildman–Crippen MR) is 235 cm³/mol. The van der Waals surface area contributed by atoms with Crippen LogP contribution in [0.2, 0.25) is 0 Å². The Bertz CT molecular complexity index is 2780. The third-order valence-electron chi connectivity index (χ3n) is 11.5. The number of hydrogen-bond acceptors (Lipinski definition) is 11. The number of nitrogens with zero attached hydrogens (tertiary/aromatic N) is 9. The number of aromatic nitrogens is 8. The van der Waals surface area contributed by atoms with Crippen molar-refractivity contribution in [1.29, 1.82) is 0 Å². The number of carboxylic acid groups (broad SMARTS) is 2. The van der Waals surface area contributed by atoms with E-state index in [9.17, 15) is 37.5 Å². The van der Waals surface area contributed by atoms with Crippen LogP contribution in [0.25, 0.3) is 44.8 Å². The van der Waals surface area contributed by atoms with Gasteiger partial charge in [-0.05, 0) is 50.7 Å². The molecule has 350 valence electrons. The molecule has 2 saturated heterocycles. The minimum absolute atomic E-state index is 0.153. The van der Waals surface area contributed by atoms with Gasteiger partial charge in [-0.15, -0.1) is 0 Å². The summed E-state index contributed by atoms with van der Waals surface area (Å²) in [5, 5.41) is 19.4. The van der Waals surface area contributed by atoms with Crippen LogP contribution in [-0.2, 0) is 14.4 Å². The number of fused-ring (bicyclic) bond motifs is 1. The number of likely N-dealkylation sites (N-methyl/N-ethyl adjacent to an activating group) is 1. The number of imidazole rings is 2. The molecule has 19 nitrogen and oxygen atoms in total. The number of alkyl halides is 3. The van der Waals surface area contributed by atoms with Crippen LogP contribution >= 0.6 is 0 Å². The number of aryl methyl sites for hydroxylation is 1. The molecule has 5 N–H and O–H groups in total. The Balaban J connectivity index is 0.000000883. The zero-order chi connectivity index (χ0) is 48.2. The third kappa shape index (κ3) is 10.7. The van der Waals surface area contributed by atoms with E-state index in [0.29, 0.717) is 41.6 Å². The van der Waals surface area contributed by atoms with Crippen LogP contribution in [-0.4, -0.2) is 133 Å². The molecule has 2 aliphatic rings. The molecule has 2 aromatic carbocycles. The van der Waals surface area contributed by atoms with Crippen molar-refractivity contribution < 1.29 is 47.4 Å². The summed E-state index contributed by atoms with van der Waals surface area (Å²) in [5.41, 5.74) is 7.21. The molecule has 0 unspecified atom stereocenters. The fourth-order valence-corrected chi connectivity index (χ4v) is 8.15. The topological polar surface area (TPSA) is 256 Å². The van der Waals surface area contributed by atoms with E-state index in [0.717, 1.165) is 64.2 Å². The number of carbonyl (C=O) groups is 5. The fraction of sp³-hybridized carbons (Fsp3) is 0.356. The minimum Gasteiger partial charge on any atom is -0.475 e. The second-order valence-electron chi connectivity index (χ2n) is 16.4. The van der Waals surface area contributed by atoms with Crippen molar-refractivity contribution >= 4 is 40.8 Å². The maximum Gasteiger partial charge on any atom is 0.490 e. The van der Waals surface area contributed by atoms with Crippen molar-refractivity contribution in [3.8, 4) is 33.8 Å². The molecule has 6 heterocycles. The smallest absolute Gasteiger partial charge is 0.475 e. The van der Waals surface area contributed by atoms with Crippen LogP contribution in [0.4, 0.5) is 18.0 Å². The van der Waals surface area contributed by atoms with Gasteiger partial charge in [0.05, 0.1) is 71.0 Å². The van der Waals surface area contributed by atoms with Crippen molar-refractivity contribution in [2.45, 2.75) is 70.8 Å². The van der Waals surface area contributed by atoms with E-state index in [1.54, 1.807) is 29.1 Å². The number of rotatable bonds is 11. The summed E-state index contributed by atoms with van der Waals surface area (Å²) in [6, 6.07) is 12.5. The van der Waals surface area contributed by atoms with Crippen LogP contribution < -0.4 is 5.32 Å². The zero-order valence-electron chi connectivity index (χ0n) is 36.8. The molecule has 4 amide bonds. The molecule has 8 rings (SSSR count). The molecule has 0 radical (unpaired) electrons. The number of aliphatic carboxylic acids is 1. The standard InChI is InChI=1S/C43H46N12O5.C2HF3O2/c1-24(2)38(53(4)43(59)60)42(58)55-16-6-8-36(55)40-47-20-32(51-40)27-11-9-26(10-12-27)31-19-46-30-17-28(13-14-29(30)50-31)33-21-48-39(52-33)35-7-5-15-54(35)37(56)23-49-41(57)34-22-44-25(3)18-45-34;3-2(4,5)1(6)7/h9-14,17-22,24,35-36,38H,5-8,15-16,23H2,1-4H3,(H,47,51)(H,48,52)(H,49,57)(H,59,60);(H,6,7)/t35-,36-,38-;/m0./s1. The molecular formula is C45H47F3N12O7. The largest absolute Gasteiger partial charge is 0.490 e. The highest BCUT2D eigenvalue weighted by molar-refractivity contribution is 5.94. The van der Waals surface area contributed by atoms with E-state index in [4.69, 9.17) is 24.9 Å². The predicted octanol–water partition coefficient (Wildman–Crippen LogP) is 6.20. The van der Waals surface area contributed by atoms with E-state index < -0.39 is 30.2 Å². The summed E-state index contributed by atoms with van der Waals surface area (Å²) in [5.74, 6) is -2.44. The van der Waals surface area contributed by atoms with Gasteiger partial charge in [0.15, 0.2) is 0 Å². The van der Waals surface area contributed by atoms with Crippen LogP contribution in [0, 0.1) is 12.8 Å². The SMILES string of the molecule is Cc1cnc(C(=O)NCC(=O)N2CCC[C@H]2c2ncc(-c3ccc4nc(-c5ccc(-c6c[nH]c([C@@H]7CCCN7C(=O)[C@H](C(C)C)N(C)C(=O)O)n6)cc5)cnc4c3)[nH]2)cn1.O=C(O)C(F)(F)F. The van der Waals surface area contributed by atoms with Gasteiger partial charge in [-0.3, -0.25) is 29.3 Å². The van der Waals surface area contributed by atoms with Gasteiger partial charge in [0, 0.05) is 49.2 Å². The first-order valence-corrected chi connectivity index (χ1v) is 21.3. The Labute approximate surface area is 380 Å². The maximum absolute atomic E-state index is 13.6. The van der Waals surface area contributed by atoms with E-state index in [1.165, 1.54) is 19.4 Å². The lowest BCUT2D eigenvalue weighted by Crippen LogP contribution is -2.51. The lowest BCUT2D eigenvalue weighted by atomic mass is 10.0. The molecule has 67 heavy (non-hydrogen) atoms. The molecular weight excluding hydrogens is 878 g/mol. The Morgan fingerprint density at radius 1 is 0.806 bits per heavy atom. The summed E-state index contributed by atoms with van der Waals surface area (Å²) in [6.45, 7) is 6.46. The summed E-state index contributed by atoms with van der Waals surface area (Å²) in [4.78, 5) is 98.5. The van der Waals surface area contributed by atoms with Crippen LogP contribution in [0.15, 0.2) is 73.4 Å². The number of hydrogen-bond donors (Lipinski definition) is 5. The Morgan fingerprint density at radius 2 is 1.45 bits per heavy atom. The van der Waals surface area contributed by atoms with Crippen molar-refractivity contribution in [2.75, 3.05) is 26.7 Å². The highest BCUT2D eigenvalue weighted by Crippen LogP contribution is 2.35. The van der Waals surface area contributed by atoms with E-state index in [1.807, 2.05) is 62.5 Å². The lowest BCUT2D eigenvalue weighted by Gasteiger charge is -2.33. The van der Waals surface area contributed by atoms with Crippen molar-refractivity contribution in [1.82, 2.24) is 59.9 Å². The van der Waals surface area contributed by atoms with Gasteiger partial charge in [-0.25, -0.2) is 29.5 Å². The van der Waals surface area contributed by atoms with Gasteiger partial charge in [0.25, 0.3) is 5.91 Å². The first kappa shape index (κ1) is 47.2.